The summed E-state index contributed by atoms with van der Waals surface area (Å²) in [6.45, 7) is 7.76. The average Bonchev–Trinajstić information content (AvgIpc) is 1.74. The van der Waals surface area contributed by atoms with Crippen LogP contribution in [0.4, 0.5) is 4.79 Å². The Morgan fingerprint density at radius 3 is 2.42 bits per heavy atom. The minimum atomic E-state index is -0.535. The molecule has 1 fully saturated rings. The van der Waals surface area contributed by atoms with E-state index < -0.39 is 15.8 Å². The van der Waals surface area contributed by atoms with E-state index in [1.165, 1.54) is 0 Å². The molecule has 1 heterocycles. The zero-order valence-electron chi connectivity index (χ0n) is 7.81. The number of nitrogens with one attached hydrogen (secondary N) is 1. The van der Waals surface area contributed by atoms with Crippen LogP contribution in [0.2, 0.25) is 4.71 Å². The average molecular weight is 233 g/mol. The summed E-state index contributed by atoms with van der Waals surface area (Å²) in [5.41, 5.74) is -0.308. The number of ether oxygens (including phenoxy) is 1. The summed E-state index contributed by atoms with van der Waals surface area (Å²) in [5.74, 6) is 0. The van der Waals surface area contributed by atoms with Crippen molar-refractivity contribution in [2.75, 3.05) is 13.1 Å². The maximum atomic E-state index is 11.3. The molecular formula is C8H16AsNO2. The van der Waals surface area contributed by atoms with Crippen molar-refractivity contribution in [2.45, 2.75) is 31.1 Å². The summed E-state index contributed by atoms with van der Waals surface area (Å²) >= 11 is -0.535. The Hall–Kier alpha value is -0.0116. The topological polar surface area (TPSA) is 38.3 Å². The molecule has 1 N–H and O–H groups in total. The number of hydrogen-bond acceptors (Lipinski definition) is 3. The van der Waals surface area contributed by atoms with Crippen LogP contribution >= 0.6 is 0 Å². The van der Waals surface area contributed by atoms with E-state index in [1.807, 2.05) is 20.8 Å². The molecule has 0 aromatic rings. The molecule has 1 atom stereocenters. The van der Waals surface area contributed by atoms with E-state index in [0.717, 1.165) is 13.1 Å². The summed E-state index contributed by atoms with van der Waals surface area (Å²) in [6.07, 6.45) is 0. The summed E-state index contributed by atoms with van der Waals surface area (Å²) in [6, 6.07) is 0. The van der Waals surface area contributed by atoms with Gasteiger partial charge < -0.3 is 0 Å². The predicted molar refractivity (Wildman–Crippen MR) is 50.0 cm³/mol. The summed E-state index contributed by atoms with van der Waals surface area (Å²) in [4.78, 5) is 11.3. The Kier molecular flexibility index (Phi) is 3.19. The van der Waals surface area contributed by atoms with E-state index in [2.05, 4.69) is 5.32 Å². The molecule has 0 aromatic heterocycles. The Morgan fingerprint density at radius 2 is 2.08 bits per heavy atom. The molecule has 0 bridgehead atoms. The first-order valence-electron chi connectivity index (χ1n) is 4.17. The van der Waals surface area contributed by atoms with Gasteiger partial charge in [-0.3, -0.25) is 0 Å². The zero-order chi connectivity index (χ0) is 9.19. The molecule has 0 radical (unpaired) electrons. The van der Waals surface area contributed by atoms with Gasteiger partial charge in [0.15, 0.2) is 0 Å². The fraction of sp³-hybridized carbons (Fsp3) is 0.875. The maximum absolute atomic E-state index is 11.3. The second-order valence-corrected chi connectivity index (χ2v) is 7.18. The van der Waals surface area contributed by atoms with Crippen LogP contribution < -0.4 is 5.32 Å². The zero-order valence-corrected chi connectivity index (χ0v) is 9.91. The first-order valence-corrected chi connectivity index (χ1v) is 6.44. The van der Waals surface area contributed by atoms with Gasteiger partial charge in [-0.15, -0.1) is 0 Å². The van der Waals surface area contributed by atoms with Crippen LogP contribution in [0, 0.1) is 0 Å². The Balaban J connectivity index is 2.19. The molecule has 1 unspecified atom stereocenters. The molecule has 1 saturated heterocycles. The van der Waals surface area contributed by atoms with Crippen molar-refractivity contribution < 1.29 is 9.53 Å². The van der Waals surface area contributed by atoms with E-state index in [-0.39, 0.29) is 10.4 Å². The SMILES string of the molecule is CC(C)(C)OC(=O)[AsH]C1CNC1. The van der Waals surface area contributed by atoms with Gasteiger partial charge in [-0.1, -0.05) is 0 Å². The van der Waals surface area contributed by atoms with Gasteiger partial charge in [0.25, 0.3) is 0 Å². The van der Waals surface area contributed by atoms with Crippen molar-refractivity contribution in [3.8, 4) is 0 Å². The summed E-state index contributed by atoms with van der Waals surface area (Å²) in [5, 5.41) is 3.15. The molecule has 1 rings (SSSR count). The fourth-order valence-corrected chi connectivity index (χ4v) is 3.36. The van der Waals surface area contributed by atoms with E-state index in [4.69, 9.17) is 4.74 Å². The normalized spacial score (nSPS) is 19.6. The molecule has 0 spiro atoms. The van der Waals surface area contributed by atoms with Gasteiger partial charge in [0.05, 0.1) is 0 Å². The van der Waals surface area contributed by atoms with Crippen molar-refractivity contribution in [3.63, 3.8) is 0 Å². The van der Waals surface area contributed by atoms with Crippen LogP contribution in [0.15, 0.2) is 0 Å². The quantitative estimate of drug-likeness (QED) is 0.715. The van der Waals surface area contributed by atoms with Crippen molar-refractivity contribution in [1.82, 2.24) is 5.32 Å². The van der Waals surface area contributed by atoms with Crippen LogP contribution in [-0.2, 0) is 4.74 Å². The minimum absolute atomic E-state index is 0.0500. The second kappa shape index (κ2) is 3.80. The molecule has 1 aliphatic heterocycles. The van der Waals surface area contributed by atoms with Crippen LogP contribution in [0.1, 0.15) is 20.8 Å². The third-order valence-electron chi connectivity index (χ3n) is 1.50. The van der Waals surface area contributed by atoms with Crippen molar-refractivity contribution in [3.05, 3.63) is 0 Å². The Bertz CT molecular complexity index is 172. The summed E-state index contributed by atoms with van der Waals surface area (Å²) in [7, 11) is 0. The van der Waals surface area contributed by atoms with E-state index in [1.54, 1.807) is 0 Å². The van der Waals surface area contributed by atoms with Crippen LogP contribution in [0.25, 0.3) is 0 Å². The van der Waals surface area contributed by atoms with Crippen molar-refractivity contribution >= 4 is 20.5 Å². The van der Waals surface area contributed by atoms with Gasteiger partial charge in [0.1, 0.15) is 0 Å². The van der Waals surface area contributed by atoms with Gasteiger partial charge >= 0.3 is 79.5 Å². The third kappa shape index (κ3) is 3.59. The van der Waals surface area contributed by atoms with Gasteiger partial charge in [-0.2, -0.15) is 0 Å². The predicted octanol–water partition coefficient (Wildman–Crippen LogP) is 0.750. The van der Waals surface area contributed by atoms with Gasteiger partial charge in [0.2, 0.25) is 0 Å². The Morgan fingerprint density at radius 1 is 1.50 bits per heavy atom. The first kappa shape index (κ1) is 10.1. The first-order chi connectivity index (χ1) is 5.47. The molecule has 0 saturated carbocycles. The molecule has 3 nitrogen and oxygen atoms in total. The van der Waals surface area contributed by atoms with E-state index >= 15 is 0 Å². The molecule has 0 aromatic carbocycles. The van der Waals surface area contributed by atoms with Gasteiger partial charge in [-0.25, -0.2) is 0 Å². The molecular weight excluding hydrogens is 217 g/mol. The van der Waals surface area contributed by atoms with Crippen molar-refractivity contribution in [2.24, 2.45) is 0 Å². The molecule has 12 heavy (non-hydrogen) atoms. The molecule has 0 amide bonds. The van der Waals surface area contributed by atoms with Crippen LogP contribution in [0.3, 0.4) is 0 Å². The van der Waals surface area contributed by atoms with Gasteiger partial charge in [-0.05, 0) is 0 Å². The molecule has 1 aliphatic rings. The molecule has 70 valence electrons. The third-order valence-corrected chi connectivity index (χ3v) is 3.92. The molecule has 0 aliphatic carbocycles. The number of rotatable bonds is 2. The fourth-order valence-electron chi connectivity index (χ4n) is 0.865. The van der Waals surface area contributed by atoms with Crippen LogP contribution in [-0.4, -0.2) is 39.2 Å². The van der Waals surface area contributed by atoms with E-state index in [9.17, 15) is 4.79 Å². The number of carbonyl (C=O) groups is 1. The molecule has 4 heteroatoms. The standard InChI is InChI=1S/C8H16AsNO2/c1-8(2,3)12-7(11)9-6-4-10-5-6/h6,9-10H,4-5H2,1-3H3. The van der Waals surface area contributed by atoms with E-state index in [0.29, 0.717) is 4.71 Å². The monoisotopic (exact) mass is 233 g/mol. The summed E-state index contributed by atoms with van der Waals surface area (Å²) < 4.78 is 5.91. The van der Waals surface area contributed by atoms with Crippen LogP contribution in [0.5, 0.6) is 0 Å². The van der Waals surface area contributed by atoms with Crippen molar-refractivity contribution in [1.29, 1.82) is 0 Å². The second-order valence-electron chi connectivity index (χ2n) is 4.00. The Labute approximate surface area is 79.9 Å². The number of carbonyl (C=O) groups excluding carboxylic acids is 1. The number of hydrogen-bond donors (Lipinski definition) is 1. The van der Waals surface area contributed by atoms with Gasteiger partial charge in [0, 0.05) is 0 Å².